The Hall–Kier alpha value is -1.43. The highest BCUT2D eigenvalue weighted by atomic mass is 16.1. The van der Waals surface area contributed by atoms with E-state index in [-0.39, 0.29) is 17.9 Å². The van der Waals surface area contributed by atoms with Crippen LogP contribution in [0.1, 0.15) is 31.2 Å². The maximum Gasteiger partial charge on any atom is 0.223 e. The predicted molar refractivity (Wildman–Crippen MR) is 101 cm³/mol. The van der Waals surface area contributed by atoms with Gasteiger partial charge >= 0.3 is 0 Å². The second-order valence-corrected chi connectivity index (χ2v) is 7.52. The number of amides is 1. The van der Waals surface area contributed by atoms with Crippen molar-refractivity contribution in [1.82, 2.24) is 15.1 Å². The second-order valence-electron chi connectivity index (χ2n) is 7.52. The van der Waals surface area contributed by atoms with E-state index in [1.165, 1.54) is 5.56 Å². The summed E-state index contributed by atoms with van der Waals surface area (Å²) in [5.41, 5.74) is 7.37. The van der Waals surface area contributed by atoms with Gasteiger partial charge in [-0.15, -0.1) is 0 Å². The maximum absolute atomic E-state index is 12.2. The molecule has 1 heterocycles. The third-order valence-electron chi connectivity index (χ3n) is 5.53. The molecule has 138 valence electrons. The van der Waals surface area contributed by atoms with E-state index < -0.39 is 0 Å². The molecule has 0 aromatic heterocycles. The Morgan fingerprint density at radius 2 is 1.80 bits per heavy atom. The van der Waals surface area contributed by atoms with E-state index in [0.717, 1.165) is 71.5 Å². The summed E-state index contributed by atoms with van der Waals surface area (Å²) in [4.78, 5) is 17.2. The van der Waals surface area contributed by atoms with Crippen LogP contribution >= 0.6 is 0 Å². The van der Waals surface area contributed by atoms with Crippen molar-refractivity contribution in [3.05, 3.63) is 35.9 Å². The third-order valence-corrected chi connectivity index (χ3v) is 5.53. The zero-order valence-corrected chi connectivity index (χ0v) is 15.2. The monoisotopic (exact) mass is 344 g/mol. The van der Waals surface area contributed by atoms with Gasteiger partial charge in [-0.05, 0) is 24.8 Å². The minimum absolute atomic E-state index is 0.131. The fourth-order valence-corrected chi connectivity index (χ4v) is 3.96. The molecule has 5 nitrogen and oxygen atoms in total. The van der Waals surface area contributed by atoms with E-state index in [0.29, 0.717) is 0 Å². The molecule has 0 spiro atoms. The molecule has 3 rings (SSSR count). The first-order valence-corrected chi connectivity index (χ1v) is 9.72. The molecule has 1 aromatic rings. The number of rotatable bonds is 6. The molecule has 1 aliphatic carbocycles. The molecular formula is C20H32N4O. The lowest BCUT2D eigenvalue weighted by atomic mass is 9.85. The van der Waals surface area contributed by atoms with Crippen LogP contribution in [0.4, 0.5) is 0 Å². The fourth-order valence-electron chi connectivity index (χ4n) is 3.96. The molecule has 3 N–H and O–H groups in total. The van der Waals surface area contributed by atoms with Crippen LogP contribution in [0, 0.1) is 5.92 Å². The summed E-state index contributed by atoms with van der Waals surface area (Å²) in [5.74, 6) is 0.337. The number of hydrogen-bond acceptors (Lipinski definition) is 4. The number of nitrogens with one attached hydrogen (secondary N) is 1. The molecule has 5 heteroatoms. The van der Waals surface area contributed by atoms with Gasteiger partial charge < -0.3 is 11.1 Å². The van der Waals surface area contributed by atoms with Crippen LogP contribution < -0.4 is 11.1 Å². The minimum Gasteiger partial charge on any atom is -0.355 e. The SMILES string of the molecule is NC1CCCC(C(=O)NCCN2CCN(Cc3ccccc3)CC2)C1. The lowest BCUT2D eigenvalue weighted by Crippen LogP contribution is -2.48. The zero-order valence-electron chi connectivity index (χ0n) is 15.2. The normalized spacial score (nSPS) is 25.6. The summed E-state index contributed by atoms with van der Waals surface area (Å²) < 4.78 is 0. The van der Waals surface area contributed by atoms with Crippen molar-refractivity contribution in [2.45, 2.75) is 38.3 Å². The summed E-state index contributed by atoms with van der Waals surface area (Å²) in [5, 5.41) is 3.12. The Labute approximate surface area is 151 Å². The minimum atomic E-state index is 0.131. The molecular weight excluding hydrogens is 312 g/mol. The van der Waals surface area contributed by atoms with Crippen molar-refractivity contribution in [1.29, 1.82) is 0 Å². The van der Waals surface area contributed by atoms with Crippen molar-refractivity contribution in [2.24, 2.45) is 11.7 Å². The first-order valence-electron chi connectivity index (χ1n) is 9.72. The number of carbonyl (C=O) groups is 1. The van der Waals surface area contributed by atoms with Crippen LogP contribution in [0.15, 0.2) is 30.3 Å². The number of benzene rings is 1. The average molecular weight is 345 g/mol. The Morgan fingerprint density at radius 3 is 2.52 bits per heavy atom. The number of nitrogens with two attached hydrogens (primary N) is 1. The van der Waals surface area contributed by atoms with Gasteiger partial charge in [0.15, 0.2) is 0 Å². The first-order chi connectivity index (χ1) is 12.2. The predicted octanol–water partition coefficient (Wildman–Crippen LogP) is 1.44. The van der Waals surface area contributed by atoms with Crippen LogP contribution in [-0.2, 0) is 11.3 Å². The zero-order chi connectivity index (χ0) is 17.5. The molecule has 0 bridgehead atoms. The molecule has 1 saturated carbocycles. The molecule has 0 radical (unpaired) electrons. The smallest absolute Gasteiger partial charge is 0.223 e. The molecule has 2 unspecified atom stereocenters. The van der Waals surface area contributed by atoms with Gasteiger partial charge in [0.25, 0.3) is 0 Å². The summed E-state index contributed by atoms with van der Waals surface area (Å²) in [7, 11) is 0. The van der Waals surface area contributed by atoms with Crippen LogP contribution in [-0.4, -0.2) is 61.0 Å². The van der Waals surface area contributed by atoms with Gasteiger partial charge in [0, 0.05) is 57.8 Å². The number of hydrogen-bond donors (Lipinski definition) is 2. The molecule has 25 heavy (non-hydrogen) atoms. The lowest BCUT2D eigenvalue weighted by molar-refractivity contribution is -0.126. The second kappa shape index (κ2) is 9.32. The van der Waals surface area contributed by atoms with E-state index in [1.54, 1.807) is 0 Å². The highest BCUT2D eigenvalue weighted by Gasteiger charge is 2.25. The van der Waals surface area contributed by atoms with E-state index in [4.69, 9.17) is 5.73 Å². The molecule has 2 fully saturated rings. The van der Waals surface area contributed by atoms with Gasteiger partial charge in [-0.25, -0.2) is 0 Å². The van der Waals surface area contributed by atoms with E-state index in [1.807, 2.05) is 0 Å². The lowest BCUT2D eigenvalue weighted by Gasteiger charge is -2.35. The van der Waals surface area contributed by atoms with Crippen LogP contribution in [0.3, 0.4) is 0 Å². The molecule has 2 aliphatic rings. The number of carbonyl (C=O) groups excluding carboxylic acids is 1. The fraction of sp³-hybridized carbons (Fsp3) is 0.650. The quantitative estimate of drug-likeness (QED) is 0.820. The number of nitrogens with zero attached hydrogens (tertiary/aromatic N) is 2. The van der Waals surface area contributed by atoms with Gasteiger partial charge in [0.2, 0.25) is 5.91 Å². The standard InChI is InChI=1S/C20H32N4O/c21-19-8-4-7-18(15-19)20(25)22-9-10-23-11-13-24(14-12-23)16-17-5-2-1-3-6-17/h1-3,5-6,18-19H,4,7-16,21H2,(H,22,25). The van der Waals surface area contributed by atoms with Crippen molar-refractivity contribution in [2.75, 3.05) is 39.3 Å². The topological polar surface area (TPSA) is 61.6 Å². The largest absolute Gasteiger partial charge is 0.355 e. The molecule has 1 aliphatic heterocycles. The summed E-state index contributed by atoms with van der Waals surface area (Å²) in [6.07, 6.45) is 4.00. The Kier molecular flexibility index (Phi) is 6.84. The number of piperazine rings is 1. The molecule has 1 saturated heterocycles. The first kappa shape index (κ1) is 18.4. The van der Waals surface area contributed by atoms with Crippen molar-refractivity contribution in [3.8, 4) is 0 Å². The van der Waals surface area contributed by atoms with Crippen molar-refractivity contribution >= 4 is 5.91 Å². The average Bonchev–Trinajstić information content (AvgIpc) is 2.64. The van der Waals surface area contributed by atoms with E-state index >= 15 is 0 Å². The Morgan fingerprint density at radius 1 is 1.08 bits per heavy atom. The van der Waals surface area contributed by atoms with Gasteiger partial charge in [0.1, 0.15) is 0 Å². The van der Waals surface area contributed by atoms with Crippen LogP contribution in [0.5, 0.6) is 0 Å². The highest BCUT2D eigenvalue weighted by molar-refractivity contribution is 5.78. The van der Waals surface area contributed by atoms with Gasteiger partial charge in [-0.1, -0.05) is 36.8 Å². The van der Waals surface area contributed by atoms with Crippen molar-refractivity contribution < 1.29 is 4.79 Å². The summed E-state index contributed by atoms with van der Waals surface area (Å²) in [6, 6.07) is 10.9. The summed E-state index contributed by atoms with van der Waals surface area (Å²) >= 11 is 0. The van der Waals surface area contributed by atoms with Crippen LogP contribution in [0.25, 0.3) is 0 Å². The molecule has 2 atom stereocenters. The van der Waals surface area contributed by atoms with E-state index in [9.17, 15) is 4.79 Å². The molecule has 1 amide bonds. The molecule has 1 aromatic carbocycles. The van der Waals surface area contributed by atoms with E-state index in [2.05, 4.69) is 45.4 Å². The van der Waals surface area contributed by atoms with Gasteiger partial charge in [0.05, 0.1) is 0 Å². The highest BCUT2D eigenvalue weighted by Crippen LogP contribution is 2.23. The Balaban J connectivity index is 1.31. The van der Waals surface area contributed by atoms with Crippen LogP contribution in [0.2, 0.25) is 0 Å². The maximum atomic E-state index is 12.2. The Bertz CT molecular complexity index is 528. The van der Waals surface area contributed by atoms with Gasteiger partial charge in [-0.2, -0.15) is 0 Å². The van der Waals surface area contributed by atoms with Crippen molar-refractivity contribution in [3.63, 3.8) is 0 Å². The van der Waals surface area contributed by atoms with Gasteiger partial charge in [-0.3, -0.25) is 14.6 Å². The third kappa shape index (κ3) is 5.80. The summed E-state index contributed by atoms with van der Waals surface area (Å²) in [6.45, 7) is 7.09.